The van der Waals surface area contributed by atoms with Crippen molar-refractivity contribution in [2.75, 3.05) is 5.75 Å². The summed E-state index contributed by atoms with van der Waals surface area (Å²) in [7, 11) is 1.79. The maximum atomic E-state index is 11.5. The Labute approximate surface area is 131 Å². The van der Waals surface area contributed by atoms with Gasteiger partial charge in [-0.15, -0.1) is 10.2 Å². The molecule has 2 aromatic rings. The first kappa shape index (κ1) is 16.0. The molecule has 0 spiro atoms. The zero-order valence-corrected chi connectivity index (χ0v) is 13.3. The number of aromatic nitrogens is 3. The summed E-state index contributed by atoms with van der Waals surface area (Å²) in [4.78, 5) is 11.5. The third-order valence-electron chi connectivity index (χ3n) is 2.93. The number of ketones is 1. The molecule has 0 saturated carbocycles. The average Bonchev–Trinajstić information content (AvgIpc) is 3.05. The van der Waals surface area contributed by atoms with Gasteiger partial charge in [0.1, 0.15) is 5.76 Å². The van der Waals surface area contributed by atoms with Crippen LogP contribution in [0.25, 0.3) is 11.6 Å². The number of aliphatic hydroxyl groups excluding tert-OH is 1. The molecule has 2 heterocycles. The van der Waals surface area contributed by atoms with Crippen LogP contribution in [0.5, 0.6) is 0 Å². The lowest BCUT2D eigenvalue weighted by atomic mass is 10.1. The molecule has 8 heteroatoms. The van der Waals surface area contributed by atoms with Gasteiger partial charge < -0.3 is 19.5 Å². The number of carbonyl (C=O) groups is 1. The number of nitrogens with one attached hydrogen (secondary N) is 1. The van der Waals surface area contributed by atoms with E-state index in [9.17, 15) is 9.90 Å². The SMILES string of the molecule is CC(=N)/C(C(C)=O)=C(/O)CSc1nnc(-c2ccco2)n1C. The normalized spacial score (nSPS) is 12.1. The Kier molecular flexibility index (Phi) is 4.81. The lowest BCUT2D eigenvalue weighted by molar-refractivity contribution is -0.113. The average molecular weight is 320 g/mol. The van der Waals surface area contributed by atoms with Crippen molar-refractivity contribution in [2.45, 2.75) is 19.0 Å². The largest absolute Gasteiger partial charge is 0.511 e. The first-order valence-corrected chi connectivity index (χ1v) is 7.45. The number of hydrogen-bond acceptors (Lipinski definition) is 7. The van der Waals surface area contributed by atoms with Crippen LogP contribution in [-0.2, 0) is 11.8 Å². The molecule has 0 aromatic carbocycles. The van der Waals surface area contributed by atoms with Crippen molar-refractivity contribution in [1.82, 2.24) is 14.8 Å². The van der Waals surface area contributed by atoms with E-state index in [0.29, 0.717) is 16.7 Å². The Morgan fingerprint density at radius 3 is 2.73 bits per heavy atom. The molecule has 2 rings (SSSR count). The minimum atomic E-state index is -0.333. The summed E-state index contributed by atoms with van der Waals surface area (Å²) >= 11 is 1.23. The monoisotopic (exact) mass is 320 g/mol. The number of thioether (sulfide) groups is 1. The molecule has 2 aromatic heterocycles. The topological polar surface area (TPSA) is 105 Å². The third-order valence-corrected chi connectivity index (χ3v) is 3.96. The molecule has 0 fully saturated rings. The molecule has 0 aliphatic rings. The van der Waals surface area contributed by atoms with E-state index < -0.39 is 0 Å². The lowest BCUT2D eigenvalue weighted by Crippen LogP contribution is -2.10. The summed E-state index contributed by atoms with van der Waals surface area (Å²) in [5.41, 5.74) is 0.0840. The van der Waals surface area contributed by atoms with E-state index in [2.05, 4.69) is 10.2 Å². The van der Waals surface area contributed by atoms with Gasteiger partial charge >= 0.3 is 0 Å². The van der Waals surface area contributed by atoms with Crippen LogP contribution in [0.3, 0.4) is 0 Å². The third kappa shape index (κ3) is 3.28. The lowest BCUT2D eigenvalue weighted by Gasteiger charge is -2.06. The summed E-state index contributed by atoms with van der Waals surface area (Å²) in [6.45, 7) is 2.79. The van der Waals surface area contributed by atoms with Gasteiger partial charge in [-0.25, -0.2) is 0 Å². The highest BCUT2D eigenvalue weighted by atomic mass is 32.2. The predicted molar refractivity (Wildman–Crippen MR) is 83.2 cm³/mol. The quantitative estimate of drug-likeness (QED) is 0.367. The van der Waals surface area contributed by atoms with E-state index >= 15 is 0 Å². The number of furan rings is 1. The van der Waals surface area contributed by atoms with Crippen LogP contribution in [0, 0.1) is 5.41 Å². The van der Waals surface area contributed by atoms with Gasteiger partial charge in [0.2, 0.25) is 0 Å². The molecule has 0 amide bonds. The highest BCUT2D eigenvalue weighted by Crippen LogP contribution is 2.24. The molecule has 0 aliphatic carbocycles. The Bertz CT molecular complexity index is 715. The minimum Gasteiger partial charge on any atom is -0.511 e. The van der Waals surface area contributed by atoms with Crippen molar-refractivity contribution in [3.05, 3.63) is 29.7 Å². The van der Waals surface area contributed by atoms with Crippen LogP contribution in [0.2, 0.25) is 0 Å². The highest BCUT2D eigenvalue weighted by molar-refractivity contribution is 7.99. The summed E-state index contributed by atoms with van der Waals surface area (Å²) in [6.07, 6.45) is 1.55. The molecular formula is C14H16N4O3S. The van der Waals surface area contributed by atoms with E-state index in [-0.39, 0.29) is 28.6 Å². The van der Waals surface area contributed by atoms with Gasteiger partial charge in [-0.3, -0.25) is 4.79 Å². The first-order chi connectivity index (χ1) is 10.4. The summed E-state index contributed by atoms with van der Waals surface area (Å²) in [6, 6.07) is 3.54. The van der Waals surface area contributed by atoms with Crippen molar-refractivity contribution in [3.63, 3.8) is 0 Å². The Balaban J connectivity index is 2.18. The van der Waals surface area contributed by atoms with Gasteiger partial charge in [-0.2, -0.15) is 0 Å². The Hall–Kier alpha value is -2.35. The maximum absolute atomic E-state index is 11.5. The second-order valence-electron chi connectivity index (χ2n) is 4.63. The molecule has 0 atom stereocenters. The van der Waals surface area contributed by atoms with Crippen molar-refractivity contribution >= 4 is 23.3 Å². The molecule has 2 N–H and O–H groups in total. The molecule has 0 saturated heterocycles. The van der Waals surface area contributed by atoms with Gasteiger partial charge in [0.15, 0.2) is 22.5 Å². The van der Waals surface area contributed by atoms with Gasteiger partial charge in [0, 0.05) is 12.8 Å². The molecule has 0 aliphatic heterocycles. The zero-order chi connectivity index (χ0) is 16.3. The molecule has 0 bridgehead atoms. The van der Waals surface area contributed by atoms with Crippen LogP contribution in [0.4, 0.5) is 0 Å². The number of carbonyl (C=O) groups excluding carboxylic acids is 1. The first-order valence-electron chi connectivity index (χ1n) is 6.46. The van der Waals surface area contributed by atoms with E-state index in [1.165, 1.54) is 25.6 Å². The minimum absolute atomic E-state index is 0.0415. The fourth-order valence-electron chi connectivity index (χ4n) is 1.95. The van der Waals surface area contributed by atoms with Crippen LogP contribution in [0.1, 0.15) is 13.8 Å². The van der Waals surface area contributed by atoms with E-state index in [4.69, 9.17) is 9.83 Å². The molecule has 0 unspecified atom stereocenters. The van der Waals surface area contributed by atoms with E-state index in [1.807, 2.05) is 0 Å². The number of allylic oxidation sites excluding steroid dienone is 1. The molecule has 116 valence electrons. The zero-order valence-electron chi connectivity index (χ0n) is 12.5. The van der Waals surface area contributed by atoms with Gasteiger partial charge in [-0.05, 0) is 26.0 Å². The molecule has 22 heavy (non-hydrogen) atoms. The van der Waals surface area contributed by atoms with Crippen molar-refractivity contribution < 1.29 is 14.3 Å². The summed E-state index contributed by atoms with van der Waals surface area (Å²) < 4.78 is 7.01. The molecule has 7 nitrogen and oxygen atoms in total. The van der Waals surface area contributed by atoms with Crippen molar-refractivity contribution in [2.24, 2.45) is 7.05 Å². The van der Waals surface area contributed by atoms with E-state index in [1.54, 1.807) is 30.0 Å². The Morgan fingerprint density at radius 2 is 2.18 bits per heavy atom. The number of Topliss-reactive ketones (excluding diaryl/α,β-unsaturated/α-hetero) is 1. The van der Waals surface area contributed by atoms with Crippen LogP contribution in [-0.4, -0.2) is 37.1 Å². The van der Waals surface area contributed by atoms with Crippen LogP contribution < -0.4 is 0 Å². The maximum Gasteiger partial charge on any atom is 0.200 e. The standard InChI is InChI=1S/C14H16N4O3S/c1-8(15)12(9(2)19)10(20)7-22-14-17-16-13(18(14)3)11-5-4-6-21-11/h4-6,15,20H,7H2,1-3H3/b12-10-,15-8?. The second-order valence-corrected chi connectivity index (χ2v) is 5.58. The predicted octanol–water partition coefficient (Wildman–Crippen LogP) is 2.61. The summed E-state index contributed by atoms with van der Waals surface area (Å²) in [5.74, 6) is 0.842. The number of nitrogens with zero attached hydrogens (tertiary/aromatic N) is 3. The van der Waals surface area contributed by atoms with Gasteiger partial charge in [0.05, 0.1) is 17.6 Å². The van der Waals surface area contributed by atoms with Crippen LogP contribution >= 0.6 is 11.8 Å². The molecular weight excluding hydrogens is 304 g/mol. The fraction of sp³-hybridized carbons (Fsp3) is 0.286. The number of hydrogen-bond donors (Lipinski definition) is 2. The van der Waals surface area contributed by atoms with E-state index in [0.717, 1.165) is 0 Å². The van der Waals surface area contributed by atoms with Crippen molar-refractivity contribution in [3.8, 4) is 11.6 Å². The molecule has 0 radical (unpaired) electrons. The Morgan fingerprint density at radius 1 is 1.45 bits per heavy atom. The number of aliphatic hydroxyl groups is 1. The smallest absolute Gasteiger partial charge is 0.200 e. The highest BCUT2D eigenvalue weighted by Gasteiger charge is 2.17. The number of rotatable bonds is 6. The van der Waals surface area contributed by atoms with Crippen molar-refractivity contribution in [1.29, 1.82) is 5.41 Å². The van der Waals surface area contributed by atoms with Gasteiger partial charge in [0.25, 0.3) is 0 Å². The summed E-state index contributed by atoms with van der Waals surface area (Å²) in [5, 5.41) is 26.2. The van der Waals surface area contributed by atoms with Crippen LogP contribution in [0.15, 0.2) is 39.3 Å². The second kappa shape index (κ2) is 6.61. The fourth-order valence-corrected chi connectivity index (χ4v) is 2.74. The van der Waals surface area contributed by atoms with Gasteiger partial charge in [-0.1, -0.05) is 11.8 Å².